The van der Waals surface area contributed by atoms with Gasteiger partial charge in [0, 0.05) is 6.54 Å². The van der Waals surface area contributed by atoms with Crippen LogP contribution in [-0.2, 0) is 17.6 Å². The molecule has 2 aromatic carbocycles. The number of hydrogen-bond donors (Lipinski definition) is 0. The van der Waals surface area contributed by atoms with Gasteiger partial charge >= 0.3 is 5.97 Å². The fourth-order valence-electron chi connectivity index (χ4n) is 2.51. The van der Waals surface area contributed by atoms with Crippen LogP contribution in [0.5, 0.6) is 5.75 Å². The molecule has 128 valence electrons. The van der Waals surface area contributed by atoms with Crippen LogP contribution in [0.15, 0.2) is 48.5 Å². The van der Waals surface area contributed by atoms with Crippen molar-refractivity contribution in [2.45, 2.75) is 12.8 Å². The van der Waals surface area contributed by atoms with Gasteiger partial charge in [0.05, 0.1) is 12.7 Å². The van der Waals surface area contributed by atoms with E-state index >= 15 is 0 Å². The van der Waals surface area contributed by atoms with Gasteiger partial charge in [-0.25, -0.2) is 4.79 Å². The van der Waals surface area contributed by atoms with Gasteiger partial charge < -0.3 is 14.4 Å². The molecule has 0 aliphatic rings. The summed E-state index contributed by atoms with van der Waals surface area (Å²) in [4.78, 5) is 14.0. The number of likely N-dealkylation sites (N-methyl/N-ethyl adjacent to an activating group) is 1. The fraction of sp³-hybridized carbons (Fsp3) is 0.350. The topological polar surface area (TPSA) is 38.8 Å². The Morgan fingerprint density at radius 2 is 1.58 bits per heavy atom. The molecule has 2 rings (SSSR count). The summed E-state index contributed by atoms with van der Waals surface area (Å²) in [6.45, 7) is 1.53. The molecule has 4 nitrogen and oxygen atoms in total. The molecular formula is C20H25NO3. The number of nitrogens with zero attached hydrogens (tertiary/aromatic N) is 1. The summed E-state index contributed by atoms with van der Waals surface area (Å²) >= 11 is 0. The smallest absolute Gasteiger partial charge is 0.338 e. The van der Waals surface area contributed by atoms with Crippen molar-refractivity contribution >= 4 is 5.97 Å². The molecule has 0 aromatic heterocycles. The molecule has 0 fully saturated rings. The number of hydrogen-bond acceptors (Lipinski definition) is 4. The molecule has 0 atom stereocenters. The van der Waals surface area contributed by atoms with Crippen LogP contribution < -0.4 is 4.74 Å². The van der Waals surface area contributed by atoms with Crippen LogP contribution in [0.25, 0.3) is 0 Å². The fourth-order valence-corrected chi connectivity index (χ4v) is 2.51. The first kappa shape index (κ1) is 18.0. The molecular weight excluding hydrogens is 302 g/mol. The highest BCUT2D eigenvalue weighted by atomic mass is 16.5. The van der Waals surface area contributed by atoms with Gasteiger partial charge in [-0.05, 0) is 50.2 Å². The first-order valence-electron chi connectivity index (χ1n) is 8.13. The van der Waals surface area contributed by atoms with Crippen LogP contribution in [0, 0.1) is 0 Å². The zero-order chi connectivity index (χ0) is 17.4. The maximum absolute atomic E-state index is 11.9. The van der Waals surface area contributed by atoms with Gasteiger partial charge in [0.25, 0.3) is 0 Å². The van der Waals surface area contributed by atoms with Gasteiger partial charge in [-0.3, -0.25) is 0 Å². The molecule has 0 heterocycles. The van der Waals surface area contributed by atoms with Crippen molar-refractivity contribution in [2.24, 2.45) is 0 Å². The minimum Gasteiger partial charge on any atom is -0.492 e. The lowest BCUT2D eigenvalue weighted by Gasteiger charge is -2.14. The van der Waals surface area contributed by atoms with Crippen molar-refractivity contribution in [1.82, 2.24) is 4.90 Å². The Bertz CT molecular complexity index is 667. The molecule has 0 amide bonds. The van der Waals surface area contributed by atoms with Crippen LogP contribution in [0.2, 0.25) is 0 Å². The highest BCUT2D eigenvalue weighted by Crippen LogP contribution is 2.21. The molecule has 0 spiro atoms. The monoisotopic (exact) mass is 327 g/mol. The van der Waals surface area contributed by atoms with Gasteiger partial charge in [-0.1, -0.05) is 36.4 Å². The molecule has 4 heteroatoms. The highest BCUT2D eigenvalue weighted by molar-refractivity contribution is 5.90. The molecule has 0 saturated carbocycles. The second kappa shape index (κ2) is 9.08. The first-order valence-corrected chi connectivity index (χ1v) is 8.13. The minimum absolute atomic E-state index is 0.291. The second-order valence-corrected chi connectivity index (χ2v) is 5.91. The molecule has 0 N–H and O–H groups in total. The Hall–Kier alpha value is -2.33. The predicted molar refractivity (Wildman–Crippen MR) is 95.7 cm³/mol. The molecule has 0 bridgehead atoms. The number of para-hydroxylation sites is 1. The SMILES string of the molecule is COC(=O)c1ccccc1CCc1ccccc1OCCN(C)C. The maximum Gasteiger partial charge on any atom is 0.338 e. The summed E-state index contributed by atoms with van der Waals surface area (Å²) in [5, 5.41) is 0. The summed E-state index contributed by atoms with van der Waals surface area (Å²) < 4.78 is 10.8. The summed E-state index contributed by atoms with van der Waals surface area (Å²) in [6.07, 6.45) is 1.57. The van der Waals surface area contributed by atoms with E-state index in [9.17, 15) is 4.79 Å². The molecule has 0 saturated heterocycles. The van der Waals surface area contributed by atoms with Crippen LogP contribution in [0.3, 0.4) is 0 Å². The number of ether oxygens (including phenoxy) is 2. The van der Waals surface area contributed by atoms with Gasteiger partial charge in [0.15, 0.2) is 0 Å². The van der Waals surface area contributed by atoms with Gasteiger partial charge in [0.2, 0.25) is 0 Å². The number of aryl methyl sites for hydroxylation is 2. The van der Waals surface area contributed by atoms with E-state index in [0.717, 1.165) is 36.3 Å². The van der Waals surface area contributed by atoms with Crippen molar-refractivity contribution in [1.29, 1.82) is 0 Å². The van der Waals surface area contributed by atoms with Crippen molar-refractivity contribution in [3.63, 3.8) is 0 Å². The number of carbonyl (C=O) groups is 1. The summed E-state index contributed by atoms with van der Waals surface area (Å²) in [7, 11) is 5.46. The third kappa shape index (κ3) is 5.10. The summed E-state index contributed by atoms with van der Waals surface area (Å²) in [5.74, 6) is 0.621. The molecule has 0 aliphatic carbocycles. The average Bonchev–Trinajstić information content (AvgIpc) is 2.60. The van der Waals surface area contributed by atoms with Crippen molar-refractivity contribution in [2.75, 3.05) is 34.4 Å². The molecule has 0 radical (unpaired) electrons. The molecule has 0 aliphatic heterocycles. The zero-order valence-electron chi connectivity index (χ0n) is 14.6. The van der Waals surface area contributed by atoms with E-state index in [1.807, 2.05) is 50.5 Å². The van der Waals surface area contributed by atoms with E-state index in [-0.39, 0.29) is 5.97 Å². The first-order chi connectivity index (χ1) is 11.6. The second-order valence-electron chi connectivity index (χ2n) is 5.91. The van der Waals surface area contributed by atoms with Crippen LogP contribution in [0.1, 0.15) is 21.5 Å². The van der Waals surface area contributed by atoms with Gasteiger partial charge in [-0.2, -0.15) is 0 Å². The van der Waals surface area contributed by atoms with Crippen LogP contribution in [-0.4, -0.2) is 45.2 Å². The Labute approximate surface area is 144 Å². The van der Waals surface area contributed by atoms with Crippen molar-refractivity contribution in [3.05, 3.63) is 65.2 Å². The molecule has 0 unspecified atom stereocenters. The molecule has 2 aromatic rings. The van der Waals surface area contributed by atoms with Crippen LogP contribution in [0.4, 0.5) is 0 Å². The Morgan fingerprint density at radius 1 is 0.958 bits per heavy atom. The Balaban J connectivity index is 2.06. The molecule has 24 heavy (non-hydrogen) atoms. The normalized spacial score (nSPS) is 10.7. The quantitative estimate of drug-likeness (QED) is 0.698. The van der Waals surface area contributed by atoms with E-state index in [2.05, 4.69) is 11.0 Å². The lowest BCUT2D eigenvalue weighted by molar-refractivity contribution is 0.0599. The number of methoxy groups -OCH3 is 1. The third-order valence-electron chi connectivity index (χ3n) is 3.86. The Morgan fingerprint density at radius 3 is 2.29 bits per heavy atom. The van der Waals surface area contributed by atoms with Crippen molar-refractivity contribution in [3.8, 4) is 5.75 Å². The lowest BCUT2D eigenvalue weighted by atomic mass is 9.99. The van der Waals surface area contributed by atoms with Crippen molar-refractivity contribution < 1.29 is 14.3 Å². The maximum atomic E-state index is 11.9. The summed E-state index contributed by atoms with van der Waals surface area (Å²) in [5.41, 5.74) is 2.77. The summed E-state index contributed by atoms with van der Waals surface area (Å²) in [6, 6.07) is 15.7. The number of rotatable bonds is 8. The highest BCUT2D eigenvalue weighted by Gasteiger charge is 2.12. The Kier molecular flexibility index (Phi) is 6.82. The van der Waals surface area contributed by atoms with E-state index in [0.29, 0.717) is 12.2 Å². The zero-order valence-corrected chi connectivity index (χ0v) is 14.6. The van der Waals surface area contributed by atoms with Gasteiger partial charge in [0.1, 0.15) is 12.4 Å². The van der Waals surface area contributed by atoms with Gasteiger partial charge in [-0.15, -0.1) is 0 Å². The predicted octanol–water partition coefficient (Wildman–Crippen LogP) is 3.20. The minimum atomic E-state index is -0.291. The number of esters is 1. The largest absolute Gasteiger partial charge is 0.492 e. The van der Waals surface area contributed by atoms with Crippen LogP contribution >= 0.6 is 0 Å². The van der Waals surface area contributed by atoms with E-state index in [1.54, 1.807) is 6.07 Å². The third-order valence-corrected chi connectivity index (χ3v) is 3.86. The average molecular weight is 327 g/mol. The standard InChI is InChI=1S/C20H25NO3/c1-21(2)14-15-24-19-11-7-5-9-17(19)13-12-16-8-4-6-10-18(16)20(22)23-3/h4-11H,12-15H2,1-3H3. The van der Waals surface area contributed by atoms with E-state index < -0.39 is 0 Å². The van der Waals surface area contributed by atoms with E-state index in [1.165, 1.54) is 7.11 Å². The van der Waals surface area contributed by atoms with E-state index in [4.69, 9.17) is 9.47 Å². The number of carbonyl (C=O) groups excluding carboxylic acids is 1. The number of benzene rings is 2. The lowest BCUT2D eigenvalue weighted by Crippen LogP contribution is -2.19.